The summed E-state index contributed by atoms with van der Waals surface area (Å²) < 4.78 is 0. The molecule has 0 saturated carbocycles. The summed E-state index contributed by atoms with van der Waals surface area (Å²) in [6.07, 6.45) is 6.57. The molecule has 2 heteroatoms. The van der Waals surface area contributed by atoms with Gasteiger partial charge in [0.2, 0.25) is 0 Å². The number of rotatable bonds is 2. The van der Waals surface area contributed by atoms with Crippen molar-refractivity contribution in [2.45, 2.75) is 19.8 Å². The van der Waals surface area contributed by atoms with E-state index in [2.05, 4.69) is 43.3 Å². The Morgan fingerprint density at radius 3 is 2.57 bits per heavy atom. The van der Waals surface area contributed by atoms with Crippen LogP contribution in [0.5, 0.6) is 0 Å². The van der Waals surface area contributed by atoms with E-state index in [9.17, 15) is 0 Å². The topological polar surface area (TPSA) is 0 Å². The summed E-state index contributed by atoms with van der Waals surface area (Å²) >= 11 is 6.00. The summed E-state index contributed by atoms with van der Waals surface area (Å²) in [6, 6.07) is 14.2. The van der Waals surface area contributed by atoms with Crippen molar-refractivity contribution in [3.63, 3.8) is 0 Å². The molecule has 3 rings (SSSR count). The molecule has 0 atom stereocenters. The molecular weight excluding hydrogens is 274 g/mol. The van der Waals surface area contributed by atoms with Crippen molar-refractivity contribution in [3.8, 4) is 0 Å². The first-order chi connectivity index (χ1) is 10.1. The zero-order valence-corrected chi connectivity index (χ0v) is 12.8. The highest BCUT2D eigenvalue weighted by atomic mass is 35.5. The summed E-state index contributed by atoms with van der Waals surface area (Å²) in [5.41, 5.74) is 7.14. The lowest BCUT2D eigenvalue weighted by molar-refractivity contribution is 1.06. The van der Waals surface area contributed by atoms with Crippen molar-refractivity contribution in [2.75, 3.05) is 0 Å². The molecule has 0 amide bonds. The van der Waals surface area contributed by atoms with Crippen LogP contribution in [0, 0.1) is 6.92 Å². The minimum Gasteiger partial charge on any atom is -0.0960 e. The molecule has 0 fully saturated rings. The highest BCUT2D eigenvalue weighted by Gasteiger charge is 2.14. The molecular formula is C19H16BCl. The zero-order chi connectivity index (χ0) is 14.8. The predicted molar refractivity (Wildman–Crippen MR) is 93.2 cm³/mol. The van der Waals surface area contributed by atoms with E-state index >= 15 is 0 Å². The third kappa shape index (κ3) is 2.98. The summed E-state index contributed by atoms with van der Waals surface area (Å²) in [5.74, 6) is 0. The molecule has 102 valence electrons. The van der Waals surface area contributed by atoms with Crippen LogP contribution in [0.3, 0.4) is 0 Å². The average molecular weight is 291 g/mol. The minimum atomic E-state index is 0.771. The Labute approximate surface area is 132 Å². The average Bonchev–Trinajstić information content (AvgIpc) is 2.51. The van der Waals surface area contributed by atoms with Crippen molar-refractivity contribution >= 4 is 36.1 Å². The van der Waals surface area contributed by atoms with Gasteiger partial charge in [-0.05, 0) is 59.7 Å². The normalized spacial score (nSPS) is 14.6. The molecule has 0 saturated heterocycles. The van der Waals surface area contributed by atoms with Crippen LogP contribution >= 0.6 is 11.6 Å². The van der Waals surface area contributed by atoms with Gasteiger partial charge in [0.25, 0.3) is 0 Å². The number of halogens is 1. The third-order valence-corrected chi connectivity index (χ3v) is 4.17. The standard InChI is InChI=1S/C19H16BCl/c1-13-6-9-15(20)12-19(13)18-5-3-2-4-17(18)14-7-10-16(21)11-8-14/h3,5-12H,2,4H2,1H3. The molecule has 0 aromatic heterocycles. The molecule has 2 radical (unpaired) electrons. The summed E-state index contributed by atoms with van der Waals surface area (Å²) in [7, 11) is 5.97. The van der Waals surface area contributed by atoms with Gasteiger partial charge in [-0.15, -0.1) is 0 Å². The van der Waals surface area contributed by atoms with Gasteiger partial charge in [0.15, 0.2) is 0 Å². The monoisotopic (exact) mass is 290 g/mol. The van der Waals surface area contributed by atoms with Crippen LogP contribution in [0.25, 0.3) is 11.1 Å². The zero-order valence-electron chi connectivity index (χ0n) is 12.1. The lowest BCUT2D eigenvalue weighted by Crippen LogP contribution is -2.05. The van der Waals surface area contributed by atoms with Crippen LogP contribution in [-0.4, -0.2) is 7.85 Å². The number of allylic oxidation sites excluding steroid dienone is 4. The molecule has 21 heavy (non-hydrogen) atoms. The van der Waals surface area contributed by atoms with Gasteiger partial charge in [0, 0.05) is 5.02 Å². The van der Waals surface area contributed by atoms with Crippen LogP contribution in [0.2, 0.25) is 5.02 Å². The number of aryl methyl sites for hydroxylation is 1. The van der Waals surface area contributed by atoms with E-state index in [-0.39, 0.29) is 0 Å². The Kier molecular flexibility index (Phi) is 4.03. The first-order valence-corrected chi connectivity index (χ1v) is 7.55. The van der Waals surface area contributed by atoms with Crippen molar-refractivity contribution in [2.24, 2.45) is 0 Å². The van der Waals surface area contributed by atoms with E-state index < -0.39 is 0 Å². The van der Waals surface area contributed by atoms with Gasteiger partial charge in [0.1, 0.15) is 7.85 Å². The van der Waals surface area contributed by atoms with Gasteiger partial charge in [-0.1, -0.05) is 59.5 Å². The molecule has 0 spiro atoms. The quantitative estimate of drug-likeness (QED) is 0.703. The van der Waals surface area contributed by atoms with Gasteiger partial charge in [-0.25, -0.2) is 0 Å². The number of hydrogen-bond acceptors (Lipinski definition) is 0. The fraction of sp³-hybridized carbons (Fsp3) is 0.158. The van der Waals surface area contributed by atoms with Crippen LogP contribution in [0.4, 0.5) is 0 Å². The first kappa shape index (κ1) is 14.2. The molecule has 0 bridgehead atoms. The highest BCUT2D eigenvalue weighted by molar-refractivity contribution is 6.32. The highest BCUT2D eigenvalue weighted by Crippen LogP contribution is 2.35. The first-order valence-electron chi connectivity index (χ1n) is 7.17. The third-order valence-electron chi connectivity index (χ3n) is 3.92. The van der Waals surface area contributed by atoms with Crippen LogP contribution < -0.4 is 5.46 Å². The molecule has 1 aliphatic rings. The van der Waals surface area contributed by atoms with Crippen molar-refractivity contribution in [1.29, 1.82) is 0 Å². The van der Waals surface area contributed by atoms with Crippen LogP contribution in [0.15, 0.2) is 54.6 Å². The van der Waals surface area contributed by atoms with Crippen LogP contribution in [-0.2, 0) is 0 Å². The second kappa shape index (κ2) is 5.95. The second-order valence-corrected chi connectivity index (χ2v) is 5.85. The molecule has 0 heterocycles. The van der Waals surface area contributed by atoms with Gasteiger partial charge < -0.3 is 0 Å². The molecule has 0 nitrogen and oxygen atoms in total. The molecule has 0 N–H and O–H groups in total. The summed E-state index contributed by atoms with van der Waals surface area (Å²) in [5, 5.41) is 0.771. The SMILES string of the molecule is [B]c1ccc(C)c(C2=C(c3ccc(Cl)cc3)CCC=C2)c1. The predicted octanol–water partition coefficient (Wildman–Crippen LogP) is 4.70. The van der Waals surface area contributed by atoms with E-state index in [0.29, 0.717) is 0 Å². The van der Waals surface area contributed by atoms with Crippen molar-refractivity contribution < 1.29 is 0 Å². The van der Waals surface area contributed by atoms with Gasteiger partial charge in [0.05, 0.1) is 0 Å². The largest absolute Gasteiger partial charge is 0.113 e. The Balaban J connectivity index is 2.17. The summed E-state index contributed by atoms with van der Waals surface area (Å²) in [6.45, 7) is 2.13. The molecule has 1 aliphatic carbocycles. The van der Waals surface area contributed by atoms with E-state index in [0.717, 1.165) is 23.3 Å². The van der Waals surface area contributed by atoms with Gasteiger partial charge >= 0.3 is 0 Å². The smallest absolute Gasteiger partial charge is 0.0960 e. The van der Waals surface area contributed by atoms with E-state index in [1.54, 1.807) is 0 Å². The van der Waals surface area contributed by atoms with Crippen molar-refractivity contribution in [1.82, 2.24) is 0 Å². The molecule has 2 aromatic carbocycles. The maximum atomic E-state index is 6.00. The molecule has 0 unspecified atom stereocenters. The minimum absolute atomic E-state index is 0.771. The van der Waals surface area contributed by atoms with E-state index in [4.69, 9.17) is 19.4 Å². The maximum Gasteiger partial charge on any atom is 0.113 e. The Bertz CT molecular complexity index is 724. The number of hydrogen-bond donors (Lipinski definition) is 0. The molecule has 2 aromatic rings. The fourth-order valence-corrected chi connectivity index (χ4v) is 2.92. The van der Waals surface area contributed by atoms with E-state index in [1.807, 2.05) is 18.2 Å². The Hall–Kier alpha value is -1.73. The van der Waals surface area contributed by atoms with Crippen molar-refractivity contribution in [3.05, 3.63) is 76.3 Å². The van der Waals surface area contributed by atoms with E-state index in [1.165, 1.54) is 27.8 Å². The summed E-state index contributed by atoms with van der Waals surface area (Å²) in [4.78, 5) is 0. The fourth-order valence-electron chi connectivity index (χ4n) is 2.80. The maximum absolute atomic E-state index is 6.00. The van der Waals surface area contributed by atoms with Gasteiger partial charge in [-0.2, -0.15) is 0 Å². The Morgan fingerprint density at radius 2 is 1.81 bits per heavy atom. The molecule has 0 aliphatic heterocycles. The second-order valence-electron chi connectivity index (χ2n) is 5.41. The lowest BCUT2D eigenvalue weighted by Gasteiger charge is -2.19. The number of benzene rings is 2. The van der Waals surface area contributed by atoms with Gasteiger partial charge in [-0.3, -0.25) is 0 Å². The Morgan fingerprint density at radius 1 is 1.05 bits per heavy atom. The lowest BCUT2D eigenvalue weighted by atomic mass is 9.83. The van der Waals surface area contributed by atoms with Crippen LogP contribution in [0.1, 0.15) is 29.5 Å².